The first-order chi connectivity index (χ1) is 10.9. The number of nitrogens with zero attached hydrogens (tertiary/aromatic N) is 1. The summed E-state index contributed by atoms with van der Waals surface area (Å²) in [6.45, 7) is 8.28. The Morgan fingerprint density at radius 3 is 2.61 bits per heavy atom. The molecule has 124 valence electrons. The maximum absolute atomic E-state index is 12.8. The number of nitrogens with one attached hydrogen (secondary N) is 1. The van der Waals surface area contributed by atoms with E-state index in [1.807, 2.05) is 0 Å². The molecule has 0 saturated carbocycles. The van der Waals surface area contributed by atoms with E-state index in [0.29, 0.717) is 17.8 Å². The molecule has 1 aromatic rings. The molecule has 1 aliphatic heterocycles. The first kappa shape index (κ1) is 17.2. The molecule has 5 heteroatoms. The van der Waals surface area contributed by atoms with Crippen LogP contribution >= 0.6 is 0 Å². The van der Waals surface area contributed by atoms with Gasteiger partial charge in [-0.05, 0) is 48.6 Å². The minimum absolute atomic E-state index is 0.0186. The van der Waals surface area contributed by atoms with Crippen LogP contribution in [0.15, 0.2) is 36.9 Å². The molecule has 5 nitrogen and oxygen atoms in total. The fraction of sp³-hybridized carbons (Fsp3) is 0.444. The number of piperidine rings is 1. The largest absolute Gasteiger partial charge is 0.394 e. The van der Waals surface area contributed by atoms with Crippen molar-refractivity contribution >= 4 is 17.5 Å². The lowest BCUT2D eigenvalue weighted by Gasteiger charge is -2.43. The fourth-order valence-corrected chi connectivity index (χ4v) is 2.87. The number of rotatable bonds is 4. The van der Waals surface area contributed by atoms with E-state index in [1.54, 1.807) is 29.2 Å². The molecule has 1 atom stereocenters. The summed E-state index contributed by atoms with van der Waals surface area (Å²) in [5.41, 5.74) is 1.22. The minimum Gasteiger partial charge on any atom is -0.394 e. The maximum Gasteiger partial charge on any atom is 0.254 e. The molecule has 1 aliphatic rings. The van der Waals surface area contributed by atoms with E-state index in [0.717, 1.165) is 12.8 Å². The van der Waals surface area contributed by atoms with Crippen LogP contribution in [-0.4, -0.2) is 41.0 Å². The number of carbonyl (C=O) groups excluding carboxylic acids is 2. The van der Waals surface area contributed by atoms with Gasteiger partial charge in [-0.3, -0.25) is 9.59 Å². The summed E-state index contributed by atoms with van der Waals surface area (Å²) in [4.78, 5) is 25.8. The first-order valence-corrected chi connectivity index (χ1v) is 7.81. The molecule has 0 bridgehead atoms. The van der Waals surface area contributed by atoms with Crippen LogP contribution in [0.4, 0.5) is 5.69 Å². The van der Waals surface area contributed by atoms with Crippen LogP contribution in [0.25, 0.3) is 0 Å². The minimum atomic E-state index is -0.290. The lowest BCUT2D eigenvalue weighted by atomic mass is 9.81. The lowest BCUT2D eigenvalue weighted by Crippen LogP contribution is -2.51. The van der Waals surface area contributed by atoms with Crippen molar-refractivity contribution in [3.05, 3.63) is 42.5 Å². The van der Waals surface area contributed by atoms with E-state index >= 15 is 0 Å². The molecule has 0 spiro atoms. The van der Waals surface area contributed by atoms with Gasteiger partial charge in [0.1, 0.15) is 0 Å². The van der Waals surface area contributed by atoms with E-state index in [1.165, 1.54) is 6.08 Å². The second-order valence-electron chi connectivity index (χ2n) is 6.74. The standard InChI is InChI=1S/C18H24N2O3/c1-4-16(22)19-14-7-5-13(6-8-14)17(23)20-12-18(2,3)10-9-15(20)11-21/h4-8,15,21H,1,9-12H2,2-3H3,(H,19,22). The van der Waals surface area contributed by atoms with Crippen LogP contribution in [0.5, 0.6) is 0 Å². The van der Waals surface area contributed by atoms with Crippen LogP contribution < -0.4 is 5.32 Å². The third-order valence-electron chi connectivity index (χ3n) is 4.25. The third kappa shape index (κ3) is 4.20. The van der Waals surface area contributed by atoms with E-state index in [9.17, 15) is 14.7 Å². The number of amides is 2. The highest BCUT2D eigenvalue weighted by Crippen LogP contribution is 2.32. The zero-order valence-corrected chi connectivity index (χ0v) is 13.7. The molecule has 2 amide bonds. The number of hydrogen-bond donors (Lipinski definition) is 2. The summed E-state index contributed by atoms with van der Waals surface area (Å²) < 4.78 is 0. The second kappa shape index (κ2) is 6.96. The fourth-order valence-electron chi connectivity index (χ4n) is 2.87. The van der Waals surface area contributed by atoms with Gasteiger partial charge >= 0.3 is 0 Å². The Balaban J connectivity index is 2.14. The molecule has 1 aromatic carbocycles. The lowest BCUT2D eigenvalue weighted by molar-refractivity contribution is -0.111. The van der Waals surface area contributed by atoms with E-state index in [2.05, 4.69) is 25.7 Å². The summed E-state index contributed by atoms with van der Waals surface area (Å²) >= 11 is 0. The van der Waals surface area contributed by atoms with Gasteiger partial charge in [-0.2, -0.15) is 0 Å². The van der Waals surface area contributed by atoms with E-state index < -0.39 is 0 Å². The van der Waals surface area contributed by atoms with Crippen LogP contribution in [0.1, 0.15) is 37.0 Å². The average Bonchev–Trinajstić information content (AvgIpc) is 2.54. The molecular weight excluding hydrogens is 292 g/mol. The molecule has 0 aliphatic carbocycles. The zero-order chi connectivity index (χ0) is 17.0. The van der Waals surface area contributed by atoms with E-state index in [4.69, 9.17) is 0 Å². The Labute approximate surface area is 137 Å². The van der Waals surface area contributed by atoms with Crippen LogP contribution in [0.2, 0.25) is 0 Å². The highest BCUT2D eigenvalue weighted by atomic mass is 16.3. The maximum atomic E-state index is 12.8. The Morgan fingerprint density at radius 1 is 1.39 bits per heavy atom. The summed E-state index contributed by atoms with van der Waals surface area (Å²) in [6, 6.07) is 6.64. The zero-order valence-electron chi connectivity index (χ0n) is 13.7. The van der Waals surface area contributed by atoms with Crippen molar-refractivity contribution < 1.29 is 14.7 Å². The van der Waals surface area contributed by atoms with Gasteiger partial charge in [0.2, 0.25) is 5.91 Å². The number of benzene rings is 1. The molecule has 1 fully saturated rings. The Kier molecular flexibility index (Phi) is 5.21. The molecule has 1 unspecified atom stereocenters. The van der Waals surface area contributed by atoms with Crippen LogP contribution in [0.3, 0.4) is 0 Å². The first-order valence-electron chi connectivity index (χ1n) is 7.81. The number of aliphatic hydroxyl groups excluding tert-OH is 1. The van der Waals surface area contributed by atoms with Crippen molar-refractivity contribution in [2.45, 2.75) is 32.7 Å². The topological polar surface area (TPSA) is 69.6 Å². The van der Waals surface area contributed by atoms with Crippen molar-refractivity contribution in [3.8, 4) is 0 Å². The Bertz CT molecular complexity index is 593. The highest BCUT2D eigenvalue weighted by molar-refractivity contribution is 5.99. The summed E-state index contributed by atoms with van der Waals surface area (Å²) in [5, 5.41) is 12.2. The predicted octanol–water partition coefficient (Wildman–Crippen LogP) is 2.43. The van der Waals surface area contributed by atoms with Gasteiger partial charge in [-0.25, -0.2) is 0 Å². The SMILES string of the molecule is C=CC(=O)Nc1ccc(C(=O)N2CC(C)(C)CCC2CO)cc1. The van der Waals surface area contributed by atoms with Gasteiger partial charge in [0.25, 0.3) is 5.91 Å². The number of hydrogen-bond acceptors (Lipinski definition) is 3. The monoisotopic (exact) mass is 316 g/mol. The van der Waals surface area contributed by atoms with Gasteiger partial charge in [-0.15, -0.1) is 0 Å². The summed E-state index contributed by atoms with van der Waals surface area (Å²) in [6.07, 6.45) is 3.00. The van der Waals surface area contributed by atoms with Gasteiger partial charge in [0.15, 0.2) is 0 Å². The van der Waals surface area contributed by atoms with Crippen LogP contribution in [-0.2, 0) is 4.79 Å². The van der Waals surface area contributed by atoms with Crippen LogP contribution in [0, 0.1) is 5.41 Å². The van der Waals surface area contributed by atoms with Gasteiger partial charge in [0, 0.05) is 17.8 Å². The molecular formula is C18H24N2O3. The second-order valence-corrected chi connectivity index (χ2v) is 6.74. The number of anilines is 1. The Morgan fingerprint density at radius 2 is 2.04 bits per heavy atom. The van der Waals surface area contributed by atoms with Crippen molar-refractivity contribution in [2.75, 3.05) is 18.5 Å². The highest BCUT2D eigenvalue weighted by Gasteiger charge is 2.35. The number of likely N-dealkylation sites (tertiary alicyclic amines) is 1. The molecule has 2 N–H and O–H groups in total. The quantitative estimate of drug-likeness (QED) is 0.838. The average molecular weight is 316 g/mol. The smallest absolute Gasteiger partial charge is 0.254 e. The summed E-state index contributed by atoms with van der Waals surface area (Å²) in [7, 11) is 0. The van der Waals surface area contributed by atoms with E-state index in [-0.39, 0.29) is 29.9 Å². The molecule has 1 heterocycles. The van der Waals surface area contributed by atoms with Crippen molar-refractivity contribution in [1.29, 1.82) is 0 Å². The predicted molar refractivity (Wildman–Crippen MR) is 90.2 cm³/mol. The molecule has 0 aromatic heterocycles. The normalized spacial score (nSPS) is 20.0. The molecule has 23 heavy (non-hydrogen) atoms. The molecule has 2 rings (SSSR count). The third-order valence-corrected chi connectivity index (χ3v) is 4.25. The van der Waals surface area contributed by atoms with Crippen molar-refractivity contribution in [2.24, 2.45) is 5.41 Å². The van der Waals surface area contributed by atoms with Gasteiger partial charge in [0.05, 0.1) is 12.6 Å². The van der Waals surface area contributed by atoms with Gasteiger partial charge < -0.3 is 15.3 Å². The number of aliphatic hydroxyl groups is 1. The van der Waals surface area contributed by atoms with Crippen molar-refractivity contribution in [3.63, 3.8) is 0 Å². The number of carbonyl (C=O) groups is 2. The Hall–Kier alpha value is -2.14. The van der Waals surface area contributed by atoms with Crippen molar-refractivity contribution in [1.82, 2.24) is 4.90 Å². The van der Waals surface area contributed by atoms with Gasteiger partial charge in [-0.1, -0.05) is 20.4 Å². The molecule has 0 radical (unpaired) electrons. The summed E-state index contributed by atoms with van der Waals surface area (Å²) in [5.74, 6) is -0.374. The molecule has 1 saturated heterocycles.